The smallest absolute Gasteiger partial charge is 0.168 e. The second kappa shape index (κ2) is 5.56. The highest BCUT2D eigenvalue weighted by molar-refractivity contribution is 7.80. The number of ether oxygens (including phenoxy) is 1. The molecule has 1 unspecified atom stereocenters. The molecule has 3 nitrogen and oxygen atoms in total. The van der Waals surface area contributed by atoms with E-state index < -0.39 is 0 Å². The van der Waals surface area contributed by atoms with Crippen molar-refractivity contribution in [2.45, 2.75) is 26.4 Å². The van der Waals surface area contributed by atoms with Gasteiger partial charge in [0.25, 0.3) is 0 Å². The molecule has 0 spiro atoms. The van der Waals surface area contributed by atoms with Gasteiger partial charge in [-0.3, -0.25) is 0 Å². The van der Waals surface area contributed by atoms with Crippen LogP contribution in [0.2, 0.25) is 0 Å². The molecule has 1 aromatic rings. The molecule has 1 atom stereocenters. The Morgan fingerprint density at radius 2 is 2.20 bits per heavy atom. The van der Waals surface area contributed by atoms with Gasteiger partial charge in [0, 0.05) is 0 Å². The number of nitrogens with two attached hydrogens (primary N) is 1. The van der Waals surface area contributed by atoms with Crippen LogP contribution in [0.5, 0.6) is 5.75 Å². The Kier molecular flexibility index (Phi) is 4.37. The van der Waals surface area contributed by atoms with Crippen molar-refractivity contribution in [3.05, 3.63) is 24.3 Å². The topological polar surface area (TPSA) is 47.3 Å². The Morgan fingerprint density at radius 3 is 2.80 bits per heavy atom. The lowest BCUT2D eigenvalue weighted by atomic mass is 10.2. The van der Waals surface area contributed by atoms with Crippen LogP contribution < -0.4 is 15.8 Å². The van der Waals surface area contributed by atoms with E-state index in [0.717, 1.165) is 17.9 Å². The lowest BCUT2D eigenvalue weighted by Crippen LogP contribution is -2.20. The van der Waals surface area contributed by atoms with Crippen LogP contribution in [0, 0.1) is 0 Å². The summed E-state index contributed by atoms with van der Waals surface area (Å²) in [6, 6.07) is 7.61. The molecule has 1 rings (SSSR count). The minimum Gasteiger partial charge on any atom is -0.489 e. The fourth-order valence-electron chi connectivity index (χ4n) is 1.11. The molecule has 1 aromatic carbocycles. The molecule has 3 N–H and O–H groups in total. The van der Waals surface area contributed by atoms with Gasteiger partial charge in [-0.2, -0.15) is 0 Å². The fourth-order valence-corrected chi connectivity index (χ4v) is 1.22. The van der Waals surface area contributed by atoms with Crippen LogP contribution in [0.25, 0.3) is 0 Å². The molecule has 0 heterocycles. The summed E-state index contributed by atoms with van der Waals surface area (Å²) in [5.74, 6) is 0.777. The van der Waals surface area contributed by atoms with E-state index in [2.05, 4.69) is 12.2 Å². The van der Waals surface area contributed by atoms with Gasteiger partial charge in [0.05, 0.1) is 11.8 Å². The van der Waals surface area contributed by atoms with Crippen LogP contribution in [-0.4, -0.2) is 11.2 Å². The van der Waals surface area contributed by atoms with E-state index in [1.54, 1.807) is 0 Å². The van der Waals surface area contributed by atoms with Gasteiger partial charge in [0.2, 0.25) is 0 Å². The van der Waals surface area contributed by atoms with Crippen LogP contribution in [0.3, 0.4) is 0 Å². The van der Waals surface area contributed by atoms with Gasteiger partial charge in [0.15, 0.2) is 5.11 Å². The maximum absolute atomic E-state index is 5.72. The summed E-state index contributed by atoms with van der Waals surface area (Å²) < 4.78 is 5.72. The third-order valence-electron chi connectivity index (χ3n) is 2.05. The third-order valence-corrected chi connectivity index (χ3v) is 2.15. The van der Waals surface area contributed by atoms with Gasteiger partial charge in [0.1, 0.15) is 5.75 Å². The van der Waals surface area contributed by atoms with Crippen LogP contribution in [-0.2, 0) is 0 Å². The van der Waals surface area contributed by atoms with Crippen LogP contribution in [0.1, 0.15) is 20.3 Å². The van der Waals surface area contributed by atoms with Crippen molar-refractivity contribution in [3.63, 3.8) is 0 Å². The zero-order valence-corrected chi connectivity index (χ0v) is 9.80. The second-order valence-electron chi connectivity index (χ2n) is 3.32. The maximum Gasteiger partial charge on any atom is 0.168 e. The molecule has 0 aliphatic rings. The van der Waals surface area contributed by atoms with Gasteiger partial charge in [-0.1, -0.05) is 19.1 Å². The number of hydrogen-bond donors (Lipinski definition) is 2. The van der Waals surface area contributed by atoms with Gasteiger partial charge in [-0.15, -0.1) is 0 Å². The molecular weight excluding hydrogens is 208 g/mol. The molecule has 0 aliphatic heterocycles. The molecule has 0 aliphatic carbocycles. The number of hydrogen-bond acceptors (Lipinski definition) is 2. The highest BCUT2D eigenvalue weighted by Crippen LogP contribution is 2.24. The van der Waals surface area contributed by atoms with Gasteiger partial charge >= 0.3 is 0 Å². The number of rotatable bonds is 4. The molecule has 0 fully saturated rings. The van der Waals surface area contributed by atoms with E-state index in [-0.39, 0.29) is 11.2 Å². The van der Waals surface area contributed by atoms with E-state index in [9.17, 15) is 0 Å². The van der Waals surface area contributed by atoms with Crippen LogP contribution in [0.4, 0.5) is 5.69 Å². The highest BCUT2D eigenvalue weighted by atomic mass is 32.1. The second-order valence-corrected chi connectivity index (χ2v) is 3.76. The van der Waals surface area contributed by atoms with Gasteiger partial charge in [-0.25, -0.2) is 0 Å². The van der Waals surface area contributed by atoms with Crippen LogP contribution in [0.15, 0.2) is 24.3 Å². The van der Waals surface area contributed by atoms with E-state index >= 15 is 0 Å². The van der Waals surface area contributed by atoms with E-state index in [4.69, 9.17) is 22.7 Å². The van der Waals surface area contributed by atoms with Crippen molar-refractivity contribution in [1.82, 2.24) is 0 Å². The SMILES string of the molecule is CCC(C)Oc1ccccc1NC(N)=S. The Balaban J connectivity index is 2.81. The highest BCUT2D eigenvalue weighted by Gasteiger charge is 2.06. The minimum atomic E-state index is 0.180. The Morgan fingerprint density at radius 1 is 1.53 bits per heavy atom. The Labute approximate surface area is 95.6 Å². The predicted octanol–water partition coefficient (Wildman–Crippen LogP) is 2.52. The van der Waals surface area contributed by atoms with E-state index in [0.29, 0.717) is 0 Å². The predicted molar refractivity (Wildman–Crippen MR) is 67.2 cm³/mol. The lowest BCUT2D eigenvalue weighted by Gasteiger charge is -2.16. The zero-order valence-electron chi connectivity index (χ0n) is 8.99. The first kappa shape index (κ1) is 11.8. The van der Waals surface area contributed by atoms with Crippen molar-refractivity contribution in [1.29, 1.82) is 0 Å². The molecule has 0 aromatic heterocycles. The van der Waals surface area contributed by atoms with Gasteiger partial charge in [-0.05, 0) is 37.7 Å². The minimum absolute atomic E-state index is 0.180. The molecule has 0 radical (unpaired) electrons. The van der Waals surface area contributed by atoms with Crippen molar-refractivity contribution in [2.24, 2.45) is 5.73 Å². The third kappa shape index (κ3) is 3.75. The maximum atomic E-state index is 5.72. The van der Waals surface area contributed by atoms with Crippen molar-refractivity contribution in [2.75, 3.05) is 5.32 Å². The summed E-state index contributed by atoms with van der Waals surface area (Å²) in [5.41, 5.74) is 6.23. The summed E-state index contributed by atoms with van der Waals surface area (Å²) in [7, 11) is 0. The molecule has 0 amide bonds. The Hall–Kier alpha value is -1.29. The average Bonchev–Trinajstić information content (AvgIpc) is 2.20. The molecule has 82 valence electrons. The van der Waals surface area contributed by atoms with Crippen molar-refractivity contribution < 1.29 is 4.74 Å². The fraction of sp³-hybridized carbons (Fsp3) is 0.364. The first-order chi connectivity index (χ1) is 7.13. The molecular formula is C11H16N2OS. The van der Waals surface area contributed by atoms with Crippen LogP contribution >= 0.6 is 12.2 Å². The number of benzene rings is 1. The summed E-state index contributed by atoms with van der Waals surface area (Å²) in [6.07, 6.45) is 1.14. The first-order valence-corrected chi connectivity index (χ1v) is 5.36. The lowest BCUT2D eigenvalue weighted by molar-refractivity contribution is 0.218. The summed E-state index contributed by atoms with van der Waals surface area (Å²) >= 11 is 4.79. The Bertz CT molecular complexity index is 341. The normalized spacial score (nSPS) is 11.9. The standard InChI is InChI=1S/C11H16N2OS/c1-3-8(2)14-10-7-5-4-6-9(10)13-11(12)15/h4-8H,3H2,1-2H3,(H3,12,13,15). The zero-order chi connectivity index (χ0) is 11.3. The number of thiocarbonyl (C=S) groups is 1. The number of para-hydroxylation sites is 2. The van der Waals surface area contributed by atoms with Crippen molar-refractivity contribution >= 4 is 23.0 Å². The summed E-state index contributed by atoms with van der Waals surface area (Å²) in [6.45, 7) is 4.10. The monoisotopic (exact) mass is 224 g/mol. The van der Waals surface area contributed by atoms with Gasteiger partial charge < -0.3 is 15.8 Å². The largest absolute Gasteiger partial charge is 0.489 e. The molecule has 15 heavy (non-hydrogen) atoms. The first-order valence-electron chi connectivity index (χ1n) is 4.95. The molecule has 0 bridgehead atoms. The number of anilines is 1. The quantitative estimate of drug-likeness (QED) is 0.771. The van der Waals surface area contributed by atoms with E-state index in [1.165, 1.54) is 0 Å². The average molecular weight is 224 g/mol. The summed E-state index contributed by atoms with van der Waals surface area (Å²) in [4.78, 5) is 0. The number of nitrogens with one attached hydrogen (secondary N) is 1. The van der Waals surface area contributed by atoms with Crippen molar-refractivity contribution in [3.8, 4) is 5.75 Å². The molecule has 4 heteroatoms. The summed E-state index contributed by atoms with van der Waals surface area (Å²) in [5, 5.41) is 3.13. The molecule has 0 saturated carbocycles. The van der Waals surface area contributed by atoms with E-state index in [1.807, 2.05) is 31.2 Å². The molecule has 0 saturated heterocycles.